The number of rotatable bonds is 6. The number of nitrogens with one attached hydrogen (secondary N) is 1. The first-order valence-corrected chi connectivity index (χ1v) is 7.81. The molecular formula is C18H19ClN2O3. The lowest BCUT2D eigenvalue weighted by Gasteiger charge is -2.23. The smallest absolute Gasteiger partial charge is 0.268 e. The topological polar surface area (TPSA) is 58.6 Å². The van der Waals surface area contributed by atoms with Gasteiger partial charge in [0.1, 0.15) is 6.04 Å². The molecule has 0 aliphatic carbocycles. The van der Waals surface area contributed by atoms with E-state index in [1.54, 1.807) is 24.3 Å². The van der Waals surface area contributed by atoms with Crippen LogP contribution in [0.5, 0.6) is 0 Å². The van der Waals surface area contributed by atoms with Gasteiger partial charge < -0.3 is 5.32 Å². The van der Waals surface area contributed by atoms with Crippen molar-refractivity contribution in [1.29, 1.82) is 0 Å². The molecule has 0 aromatic heterocycles. The Hall–Kier alpha value is -2.37. The highest BCUT2D eigenvalue weighted by molar-refractivity contribution is 6.30. The van der Waals surface area contributed by atoms with Crippen LogP contribution in [0.2, 0.25) is 5.02 Å². The SMILES string of the molecule is CON(C)C(=O)C(Cc1ccccc1)NC(=O)c1ccc(Cl)cc1. The van der Waals surface area contributed by atoms with E-state index in [9.17, 15) is 9.59 Å². The van der Waals surface area contributed by atoms with Gasteiger partial charge >= 0.3 is 0 Å². The summed E-state index contributed by atoms with van der Waals surface area (Å²) in [7, 11) is 2.91. The maximum absolute atomic E-state index is 12.5. The van der Waals surface area contributed by atoms with E-state index >= 15 is 0 Å². The van der Waals surface area contributed by atoms with Crippen molar-refractivity contribution in [2.45, 2.75) is 12.5 Å². The molecule has 1 N–H and O–H groups in total. The number of hydrogen-bond acceptors (Lipinski definition) is 3. The van der Waals surface area contributed by atoms with Crippen molar-refractivity contribution in [3.8, 4) is 0 Å². The van der Waals surface area contributed by atoms with E-state index in [-0.39, 0.29) is 11.8 Å². The van der Waals surface area contributed by atoms with E-state index in [4.69, 9.17) is 16.4 Å². The van der Waals surface area contributed by atoms with Crippen LogP contribution in [0.4, 0.5) is 0 Å². The Bertz CT molecular complexity index is 689. The summed E-state index contributed by atoms with van der Waals surface area (Å²) in [5.74, 6) is -0.672. The molecule has 2 rings (SSSR count). The van der Waals surface area contributed by atoms with Gasteiger partial charge in [0, 0.05) is 24.1 Å². The Morgan fingerprint density at radius 2 is 1.75 bits per heavy atom. The molecule has 0 spiro atoms. The molecule has 0 aliphatic heterocycles. The Morgan fingerprint density at radius 3 is 2.33 bits per heavy atom. The molecule has 1 atom stereocenters. The van der Waals surface area contributed by atoms with E-state index < -0.39 is 6.04 Å². The molecular weight excluding hydrogens is 328 g/mol. The van der Waals surface area contributed by atoms with Crippen LogP contribution in [0.3, 0.4) is 0 Å². The lowest BCUT2D eigenvalue weighted by Crippen LogP contribution is -2.48. The van der Waals surface area contributed by atoms with Crippen molar-refractivity contribution in [2.24, 2.45) is 0 Å². The molecule has 0 bridgehead atoms. The van der Waals surface area contributed by atoms with Crippen LogP contribution in [0.15, 0.2) is 54.6 Å². The van der Waals surface area contributed by atoms with Crippen LogP contribution in [0.25, 0.3) is 0 Å². The second kappa shape index (κ2) is 8.47. The highest BCUT2D eigenvalue weighted by Crippen LogP contribution is 2.11. The first-order valence-electron chi connectivity index (χ1n) is 7.43. The van der Waals surface area contributed by atoms with Gasteiger partial charge in [-0.2, -0.15) is 0 Å². The zero-order valence-electron chi connectivity index (χ0n) is 13.5. The van der Waals surface area contributed by atoms with Crippen LogP contribution in [0.1, 0.15) is 15.9 Å². The number of carbonyl (C=O) groups excluding carboxylic acids is 2. The second-order valence-corrected chi connectivity index (χ2v) is 5.68. The Kier molecular flexibility index (Phi) is 6.35. The summed E-state index contributed by atoms with van der Waals surface area (Å²) in [6.07, 6.45) is 0.368. The van der Waals surface area contributed by atoms with Gasteiger partial charge in [0.2, 0.25) is 0 Å². The minimum absolute atomic E-state index is 0.330. The summed E-state index contributed by atoms with van der Waals surface area (Å²) in [5, 5.41) is 4.41. The molecule has 0 aliphatic rings. The molecule has 0 saturated carbocycles. The summed E-state index contributed by atoms with van der Waals surface area (Å²) in [4.78, 5) is 29.8. The van der Waals surface area contributed by atoms with Crippen molar-refractivity contribution in [3.05, 3.63) is 70.7 Å². The van der Waals surface area contributed by atoms with E-state index in [1.165, 1.54) is 14.2 Å². The molecule has 0 fully saturated rings. The van der Waals surface area contributed by atoms with E-state index in [1.807, 2.05) is 30.3 Å². The number of halogens is 1. The largest absolute Gasteiger partial charge is 0.340 e. The minimum Gasteiger partial charge on any atom is -0.340 e. The van der Waals surface area contributed by atoms with E-state index in [0.29, 0.717) is 17.0 Å². The number of hydroxylamine groups is 2. The van der Waals surface area contributed by atoms with Crippen LogP contribution >= 0.6 is 11.6 Å². The highest BCUT2D eigenvalue weighted by Gasteiger charge is 2.25. The van der Waals surface area contributed by atoms with Crippen LogP contribution in [-0.2, 0) is 16.1 Å². The lowest BCUT2D eigenvalue weighted by atomic mass is 10.0. The standard InChI is InChI=1S/C18H19ClN2O3/c1-21(24-2)18(23)16(12-13-6-4-3-5-7-13)20-17(22)14-8-10-15(19)11-9-14/h3-11,16H,12H2,1-2H3,(H,20,22). The lowest BCUT2D eigenvalue weighted by molar-refractivity contribution is -0.170. The first-order chi connectivity index (χ1) is 11.5. The quantitative estimate of drug-likeness (QED) is 0.818. The summed E-state index contributed by atoms with van der Waals surface area (Å²) in [5.41, 5.74) is 1.38. The summed E-state index contributed by atoms with van der Waals surface area (Å²) >= 11 is 5.83. The zero-order valence-corrected chi connectivity index (χ0v) is 14.3. The number of benzene rings is 2. The zero-order chi connectivity index (χ0) is 17.5. The molecule has 2 amide bonds. The highest BCUT2D eigenvalue weighted by atomic mass is 35.5. The fourth-order valence-corrected chi connectivity index (χ4v) is 2.33. The molecule has 5 nitrogen and oxygen atoms in total. The monoisotopic (exact) mass is 346 g/mol. The fraction of sp³-hybridized carbons (Fsp3) is 0.222. The third-order valence-corrected chi connectivity index (χ3v) is 3.83. The Morgan fingerprint density at radius 1 is 1.12 bits per heavy atom. The minimum atomic E-state index is -0.736. The summed E-state index contributed by atoms with van der Waals surface area (Å²) in [6, 6.07) is 15.2. The fourth-order valence-electron chi connectivity index (χ4n) is 2.20. The number of carbonyl (C=O) groups is 2. The number of amides is 2. The normalized spacial score (nSPS) is 11.6. The average Bonchev–Trinajstić information content (AvgIpc) is 2.61. The van der Waals surface area contributed by atoms with Crippen molar-refractivity contribution >= 4 is 23.4 Å². The third-order valence-electron chi connectivity index (χ3n) is 3.58. The van der Waals surface area contributed by atoms with Gasteiger partial charge in [-0.25, -0.2) is 5.06 Å². The van der Waals surface area contributed by atoms with Crippen molar-refractivity contribution < 1.29 is 14.4 Å². The van der Waals surface area contributed by atoms with Gasteiger partial charge in [0.05, 0.1) is 7.11 Å². The van der Waals surface area contributed by atoms with Crippen molar-refractivity contribution in [3.63, 3.8) is 0 Å². The van der Waals surface area contributed by atoms with Crippen LogP contribution in [-0.4, -0.2) is 37.1 Å². The maximum atomic E-state index is 12.5. The summed E-state index contributed by atoms with van der Waals surface area (Å²) < 4.78 is 0. The van der Waals surface area contributed by atoms with Crippen LogP contribution in [0, 0.1) is 0 Å². The third kappa shape index (κ3) is 4.81. The molecule has 6 heteroatoms. The summed E-state index contributed by atoms with van der Waals surface area (Å²) in [6.45, 7) is 0. The maximum Gasteiger partial charge on any atom is 0.268 e. The van der Waals surface area contributed by atoms with Gasteiger partial charge in [0.15, 0.2) is 0 Å². The predicted octanol–water partition coefficient (Wildman–Crippen LogP) is 2.70. The van der Waals surface area contributed by atoms with Crippen molar-refractivity contribution in [2.75, 3.05) is 14.2 Å². The molecule has 0 heterocycles. The van der Waals surface area contributed by atoms with Crippen LogP contribution < -0.4 is 5.32 Å². The van der Waals surface area contributed by atoms with Gasteiger partial charge in [0.25, 0.3) is 11.8 Å². The van der Waals surface area contributed by atoms with E-state index in [0.717, 1.165) is 10.6 Å². The number of hydrogen-bond donors (Lipinski definition) is 1. The van der Waals surface area contributed by atoms with Gasteiger partial charge in [-0.05, 0) is 29.8 Å². The van der Waals surface area contributed by atoms with Gasteiger partial charge in [-0.1, -0.05) is 41.9 Å². The van der Waals surface area contributed by atoms with Gasteiger partial charge in [-0.15, -0.1) is 0 Å². The number of nitrogens with zero attached hydrogens (tertiary/aromatic N) is 1. The molecule has 0 saturated heterocycles. The Balaban J connectivity index is 2.17. The molecule has 2 aromatic carbocycles. The Labute approximate surface area is 146 Å². The van der Waals surface area contributed by atoms with Crippen molar-refractivity contribution in [1.82, 2.24) is 10.4 Å². The predicted molar refractivity (Wildman–Crippen MR) is 92.6 cm³/mol. The molecule has 1 unspecified atom stereocenters. The first kappa shape index (κ1) is 18.0. The van der Waals surface area contributed by atoms with E-state index in [2.05, 4.69) is 5.32 Å². The molecule has 2 aromatic rings. The number of likely N-dealkylation sites (N-methyl/N-ethyl adjacent to an activating group) is 1. The molecule has 0 radical (unpaired) electrons. The molecule has 126 valence electrons. The second-order valence-electron chi connectivity index (χ2n) is 5.24. The van der Waals surface area contributed by atoms with Gasteiger partial charge in [-0.3, -0.25) is 14.4 Å². The molecule has 24 heavy (non-hydrogen) atoms. The average molecular weight is 347 g/mol.